The van der Waals surface area contributed by atoms with E-state index in [0.29, 0.717) is 12.5 Å². The van der Waals surface area contributed by atoms with Crippen LogP contribution in [0.15, 0.2) is 35.7 Å². The maximum Gasteiger partial charge on any atom is 0.417 e. The number of piperazine rings is 1. The van der Waals surface area contributed by atoms with Crippen molar-refractivity contribution < 1.29 is 31.5 Å². The first-order valence-electron chi connectivity index (χ1n) is 8.22. The average molecular weight is 406 g/mol. The van der Waals surface area contributed by atoms with Gasteiger partial charge >= 0.3 is 6.18 Å². The summed E-state index contributed by atoms with van der Waals surface area (Å²) in [7, 11) is -3.70. The van der Waals surface area contributed by atoms with E-state index < -0.39 is 34.1 Å². The molecule has 1 saturated heterocycles. The van der Waals surface area contributed by atoms with E-state index in [1.807, 2.05) is 0 Å². The molecule has 6 nitrogen and oxygen atoms in total. The molecular weight excluding hydrogens is 385 g/mol. The Labute approximate surface area is 155 Å². The number of nitrogens with zero attached hydrogens (tertiary/aromatic N) is 2. The van der Waals surface area contributed by atoms with E-state index in [9.17, 15) is 31.5 Å². The minimum absolute atomic E-state index is 0.0264. The average Bonchev–Trinajstić information content (AvgIpc) is 2.60. The van der Waals surface area contributed by atoms with E-state index in [1.165, 1.54) is 6.08 Å². The number of alkyl halides is 3. The normalized spacial score (nSPS) is 19.2. The number of amides is 1. The highest BCUT2D eigenvalue weighted by Crippen LogP contribution is 2.33. The van der Waals surface area contributed by atoms with Crippen molar-refractivity contribution in [3.8, 4) is 0 Å². The molecule has 0 saturated carbocycles. The molecule has 1 N–H and O–H groups in total. The Kier molecular flexibility index (Phi) is 6.33. The van der Waals surface area contributed by atoms with Gasteiger partial charge in [0.25, 0.3) is 0 Å². The SMILES string of the molecule is C[C@@](O)(CC(=O)N1CCN(S(=O)(=O)/C=C/c2ccccc2)CC1)C(F)(F)F. The van der Waals surface area contributed by atoms with E-state index in [1.54, 1.807) is 30.3 Å². The second-order valence-electron chi connectivity index (χ2n) is 6.49. The van der Waals surface area contributed by atoms with Gasteiger partial charge in [0.2, 0.25) is 15.9 Å². The highest BCUT2D eigenvalue weighted by Gasteiger charge is 2.51. The zero-order chi connectivity index (χ0) is 20.3. The molecule has 2 rings (SSSR count). The van der Waals surface area contributed by atoms with Crippen molar-refractivity contribution >= 4 is 22.0 Å². The summed E-state index contributed by atoms with van der Waals surface area (Å²) in [6.45, 7) is 0.416. The van der Waals surface area contributed by atoms with Gasteiger partial charge in [0.1, 0.15) is 0 Å². The number of carbonyl (C=O) groups is 1. The molecule has 1 aliphatic heterocycles. The summed E-state index contributed by atoms with van der Waals surface area (Å²) in [6, 6.07) is 8.83. The molecule has 10 heteroatoms. The fourth-order valence-electron chi connectivity index (χ4n) is 2.51. The molecular formula is C17H21F3N2O4S. The van der Waals surface area contributed by atoms with Crippen molar-refractivity contribution in [1.82, 2.24) is 9.21 Å². The third-order valence-corrected chi connectivity index (χ3v) is 5.85. The van der Waals surface area contributed by atoms with E-state index in [-0.39, 0.29) is 26.2 Å². The fourth-order valence-corrected chi connectivity index (χ4v) is 3.69. The van der Waals surface area contributed by atoms with Crippen LogP contribution < -0.4 is 0 Å². The van der Waals surface area contributed by atoms with Crippen molar-refractivity contribution in [2.45, 2.75) is 25.1 Å². The molecule has 0 aliphatic carbocycles. The lowest BCUT2D eigenvalue weighted by Gasteiger charge is -2.35. The zero-order valence-corrected chi connectivity index (χ0v) is 15.5. The van der Waals surface area contributed by atoms with Crippen LogP contribution in [0.4, 0.5) is 13.2 Å². The van der Waals surface area contributed by atoms with E-state index in [4.69, 9.17) is 0 Å². The van der Waals surface area contributed by atoms with Gasteiger partial charge in [0.05, 0.1) is 6.42 Å². The summed E-state index contributed by atoms with van der Waals surface area (Å²) in [5.41, 5.74) is -2.41. The Morgan fingerprint density at radius 3 is 2.22 bits per heavy atom. The summed E-state index contributed by atoms with van der Waals surface area (Å²) in [4.78, 5) is 13.1. The number of aliphatic hydroxyl groups is 1. The van der Waals surface area contributed by atoms with Crippen LogP contribution in [-0.4, -0.2) is 66.6 Å². The highest BCUT2D eigenvalue weighted by molar-refractivity contribution is 7.92. The van der Waals surface area contributed by atoms with Gasteiger partial charge in [-0.25, -0.2) is 8.42 Å². The van der Waals surface area contributed by atoms with Crippen LogP contribution in [0.25, 0.3) is 6.08 Å². The van der Waals surface area contributed by atoms with Crippen LogP contribution in [0.2, 0.25) is 0 Å². The van der Waals surface area contributed by atoms with Crippen molar-refractivity contribution in [3.63, 3.8) is 0 Å². The molecule has 27 heavy (non-hydrogen) atoms. The maximum absolute atomic E-state index is 12.7. The Hall–Kier alpha value is -1.91. The topological polar surface area (TPSA) is 77.9 Å². The molecule has 1 amide bonds. The van der Waals surface area contributed by atoms with Crippen LogP contribution >= 0.6 is 0 Å². The Bertz CT molecular complexity index is 784. The lowest BCUT2D eigenvalue weighted by Crippen LogP contribution is -2.53. The standard InChI is InChI=1S/C17H21F3N2O4S/c1-16(24,17(18,19)20)13-15(23)21-8-10-22(11-9-21)27(25,26)12-7-14-5-3-2-4-6-14/h2-7,12,24H,8-11,13H2,1H3/b12-7+/t16-/m1/s1. The minimum atomic E-state index is -4.92. The van der Waals surface area contributed by atoms with E-state index >= 15 is 0 Å². The monoisotopic (exact) mass is 406 g/mol. The number of halogens is 3. The van der Waals surface area contributed by atoms with Crippen LogP contribution in [0, 0.1) is 0 Å². The van der Waals surface area contributed by atoms with Gasteiger partial charge in [-0.1, -0.05) is 30.3 Å². The van der Waals surface area contributed by atoms with Gasteiger partial charge in [-0.3, -0.25) is 4.79 Å². The largest absolute Gasteiger partial charge is 0.417 e. The molecule has 1 aliphatic rings. The third-order valence-electron chi connectivity index (χ3n) is 4.29. The van der Waals surface area contributed by atoms with Gasteiger partial charge < -0.3 is 10.0 Å². The number of hydrogen-bond acceptors (Lipinski definition) is 4. The molecule has 1 atom stereocenters. The quantitative estimate of drug-likeness (QED) is 0.810. The number of sulfonamides is 1. The predicted octanol–water partition coefficient (Wildman–Crippen LogP) is 1.83. The summed E-state index contributed by atoms with van der Waals surface area (Å²) in [5.74, 6) is -0.866. The van der Waals surface area contributed by atoms with E-state index in [2.05, 4.69) is 0 Å². The summed E-state index contributed by atoms with van der Waals surface area (Å²) < 4.78 is 63.9. The Balaban J connectivity index is 1.94. The van der Waals surface area contributed by atoms with Crippen LogP contribution in [-0.2, 0) is 14.8 Å². The molecule has 1 heterocycles. The predicted molar refractivity (Wildman–Crippen MR) is 93.8 cm³/mol. The Morgan fingerprint density at radius 1 is 1.15 bits per heavy atom. The first kappa shape index (κ1) is 21.4. The first-order valence-corrected chi connectivity index (χ1v) is 9.73. The first-order chi connectivity index (χ1) is 12.4. The van der Waals surface area contributed by atoms with Gasteiger partial charge in [-0.05, 0) is 18.6 Å². The van der Waals surface area contributed by atoms with Crippen molar-refractivity contribution in [2.24, 2.45) is 0 Å². The highest BCUT2D eigenvalue weighted by atomic mass is 32.2. The van der Waals surface area contributed by atoms with Crippen LogP contribution in [0.5, 0.6) is 0 Å². The smallest absolute Gasteiger partial charge is 0.380 e. The second-order valence-corrected chi connectivity index (χ2v) is 8.31. The van der Waals surface area contributed by atoms with E-state index in [0.717, 1.165) is 14.6 Å². The Morgan fingerprint density at radius 2 is 1.70 bits per heavy atom. The number of benzene rings is 1. The van der Waals surface area contributed by atoms with Gasteiger partial charge in [0, 0.05) is 31.6 Å². The summed E-state index contributed by atoms with van der Waals surface area (Å²) >= 11 is 0. The third kappa shape index (κ3) is 5.53. The molecule has 0 radical (unpaired) electrons. The van der Waals surface area contributed by atoms with Gasteiger partial charge in [-0.2, -0.15) is 17.5 Å². The van der Waals surface area contributed by atoms with Gasteiger partial charge in [-0.15, -0.1) is 0 Å². The summed E-state index contributed by atoms with van der Waals surface area (Å²) in [6.07, 6.45) is -4.57. The number of rotatable bonds is 5. The second kappa shape index (κ2) is 7.99. The number of carbonyl (C=O) groups excluding carboxylic acids is 1. The van der Waals surface area contributed by atoms with Crippen LogP contribution in [0.1, 0.15) is 18.9 Å². The van der Waals surface area contributed by atoms with Crippen molar-refractivity contribution in [1.29, 1.82) is 0 Å². The fraction of sp³-hybridized carbons (Fsp3) is 0.471. The molecule has 1 aromatic carbocycles. The molecule has 0 bridgehead atoms. The molecule has 0 unspecified atom stereocenters. The number of hydrogen-bond donors (Lipinski definition) is 1. The molecule has 0 aromatic heterocycles. The molecule has 150 valence electrons. The van der Waals surface area contributed by atoms with Crippen LogP contribution in [0.3, 0.4) is 0 Å². The lowest BCUT2D eigenvalue weighted by atomic mass is 10.0. The van der Waals surface area contributed by atoms with Crippen molar-refractivity contribution in [3.05, 3.63) is 41.3 Å². The lowest BCUT2D eigenvalue weighted by molar-refractivity contribution is -0.254. The summed E-state index contributed by atoms with van der Waals surface area (Å²) in [5, 5.41) is 10.5. The molecule has 1 aromatic rings. The molecule has 1 fully saturated rings. The van der Waals surface area contributed by atoms with Gasteiger partial charge in [0.15, 0.2) is 5.60 Å². The zero-order valence-electron chi connectivity index (χ0n) is 14.7. The van der Waals surface area contributed by atoms with Crippen molar-refractivity contribution in [2.75, 3.05) is 26.2 Å². The minimum Gasteiger partial charge on any atom is -0.380 e. The molecule has 0 spiro atoms. The maximum atomic E-state index is 12.7.